The minimum atomic E-state index is -3.65. The average Bonchev–Trinajstić information content (AvgIpc) is 3.57. The molecule has 0 radical (unpaired) electrons. The largest absolute Gasteiger partial charge is 0.452 e. The van der Waals surface area contributed by atoms with E-state index >= 15 is 0 Å². The molecule has 0 aliphatic heterocycles. The molecule has 1 amide bonds. The number of benzene rings is 2. The minimum absolute atomic E-state index is 0.0350. The number of amides is 1. The molecule has 2 aromatic heterocycles. The summed E-state index contributed by atoms with van der Waals surface area (Å²) in [4.78, 5) is 25.6. The van der Waals surface area contributed by atoms with Gasteiger partial charge in [0.05, 0.1) is 15.5 Å². The lowest BCUT2D eigenvalue weighted by Gasteiger charge is -2.12. The Labute approximate surface area is 218 Å². The highest BCUT2D eigenvalue weighted by Gasteiger charge is 2.18. The number of rotatable bonds is 9. The number of aromatic nitrogens is 2. The Morgan fingerprint density at radius 1 is 1.08 bits per heavy atom. The summed E-state index contributed by atoms with van der Waals surface area (Å²) in [5.41, 5.74) is 2.58. The zero-order valence-electron chi connectivity index (χ0n) is 20.1. The molecule has 4 rings (SSSR count). The van der Waals surface area contributed by atoms with Crippen molar-refractivity contribution in [2.75, 3.05) is 26.0 Å². The number of thiophene rings is 1. The number of nitrogens with one attached hydrogen (secondary N) is 1. The number of anilines is 1. The second kappa shape index (κ2) is 11.3. The lowest BCUT2D eigenvalue weighted by Crippen LogP contribution is -2.23. The van der Waals surface area contributed by atoms with Gasteiger partial charge in [-0.05, 0) is 47.9 Å². The van der Waals surface area contributed by atoms with E-state index in [9.17, 15) is 18.0 Å². The highest BCUT2D eigenvalue weighted by atomic mass is 32.2. The first-order valence-corrected chi connectivity index (χ1v) is 13.4. The average molecular weight is 537 g/mol. The van der Waals surface area contributed by atoms with E-state index in [4.69, 9.17) is 4.74 Å². The van der Waals surface area contributed by atoms with E-state index in [1.807, 2.05) is 54.0 Å². The fraction of sp³-hybridized carbons (Fsp3) is 0.115. The molecule has 0 saturated heterocycles. The van der Waals surface area contributed by atoms with E-state index in [1.54, 1.807) is 16.8 Å². The Bertz CT molecular complexity index is 1530. The molecule has 1 N–H and O–H groups in total. The van der Waals surface area contributed by atoms with Crippen molar-refractivity contribution in [2.24, 2.45) is 0 Å². The summed E-state index contributed by atoms with van der Waals surface area (Å²) in [6, 6.07) is 19.3. The van der Waals surface area contributed by atoms with Gasteiger partial charge in [-0.25, -0.2) is 22.2 Å². The number of carbonyl (C=O) groups excluding carboxylic acids is 2. The molecule has 37 heavy (non-hydrogen) atoms. The van der Waals surface area contributed by atoms with Gasteiger partial charge in [-0.2, -0.15) is 5.10 Å². The van der Waals surface area contributed by atoms with Crippen molar-refractivity contribution in [3.63, 3.8) is 0 Å². The van der Waals surface area contributed by atoms with Crippen LogP contribution in [0.15, 0.2) is 89.3 Å². The van der Waals surface area contributed by atoms with Crippen LogP contribution in [0.4, 0.5) is 5.69 Å². The van der Waals surface area contributed by atoms with Crippen LogP contribution in [0.2, 0.25) is 0 Å². The van der Waals surface area contributed by atoms with Crippen LogP contribution in [-0.2, 0) is 24.3 Å². The molecule has 0 spiro atoms. The lowest BCUT2D eigenvalue weighted by molar-refractivity contribution is -0.142. The Balaban J connectivity index is 1.41. The Hall–Kier alpha value is -4.06. The molecule has 0 fully saturated rings. The predicted octanol–water partition coefficient (Wildman–Crippen LogP) is 4.05. The molecule has 0 atom stereocenters. The fourth-order valence-corrected chi connectivity index (χ4v) is 4.99. The summed E-state index contributed by atoms with van der Waals surface area (Å²) >= 11 is 1.53. The molecule has 2 heterocycles. The summed E-state index contributed by atoms with van der Waals surface area (Å²) < 4.78 is 32.5. The van der Waals surface area contributed by atoms with Gasteiger partial charge < -0.3 is 10.1 Å². The van der Waals surface area contributed by atoms with Gasteiger partial charge in [-0.3, -0.25) is 4.79 Å². The number of esters is 1. The second-order valence-corrected chi connectivity index (χ2v) is 11.1. The topological polar surface area (TPSA) is 111 Å². The number of carbonyl (C=O) groups is 2. The van der Waals surface area contributed by atoms with Crippen molar-refractivity contribution < 1.29 is 22.7 Å². The summed E-state index contributed by atoms with van der Waals surface area (Å²) in [6.45, 7) is -0.533. The van der Waals surface area contributed by atoms with Crippen molar-refractivity contribution in [1.82, 2.24) is 14.1 Å². The summed E-state index contributed by atoms with van der Waals surface area (Å²) in [7, 11) is -0.809. The van der Waals surface area contributed by atoms with Crippen molar-refractivity contribution in [2.45, 2.75) is 4.90 Å². The van der Waals surface area contributed by atoms with Gasteiger partial charge >= 0.3 is 5.97 Å². The lowest BCUT2D eigenvalue weighted by atomic mass is 10.2. The maximum atomic E-state index is 12.3. The number of hydrogen-bond donors (Lipinski definition) is 1. The summed E-state index contributed by atoms with van der Waals surface area (Å²) in [6.07, 6.45) is 4.65. The maximum Gasteiger partial charge on any atom is 0.331 e. The first-order chi connectivity index (χ1) is 17.7. The van der Waals surface area contributed by atoms with Crippen LogP contribution in [0.25, 0.3) is 22.3 Å². The van der Waals surface area contributed by atoms with Gasteiger partial charge in [0.2, 0.25) is 10.0 Å². The van der Waals surface area contributed by atoms with Crippen LogP contribution in [0.1, 0.15) is 5.56 Å². The monoisotopic (exact) mass is 536 g/mol. The molecule has 2 aromatic carbocycles. The Morgan fingerprint density at radius 3 is 2.57 bits per heavy atom. The number of ether oxygens (including phenoxy) is 1. The first kappa shape index (κ1) is 26.0. The quantitative estimate of drug-likeness (QED) is 0.255. The van der Waals surface area contributed by atoms with Gasteiger partial charge in [-0.1, -0.05) is 30.3 Å². The van der Waals surface area contributed by atoms with E-state index in [0.717, 1.165) is 14.9 Å². The highest BCUT2D eigenvalue weighted by molar-refractivity contribution is 7.89. The third kappa shape index (κ3) is 6.39. The predicted molar refractivity (Wildman–Crippen MR) is 143 cm³/mol. The fourth-order valence-electron chi connectivity index (χ4n) is 3.31. The Morgan fingerprint density at radius 2 is 1.86 bits per heavy atom. The third-order valence-electron chi connectivity index (χ3n) is 5.16. The smallest absolute Gasteiger partial charge is 0.331 e. The van der Waals surface area contributed by atoms with Gasteiger partial charge in [0.1, 0.15) is 5.69 Å². The molecule has 11 heteroatoms. The Kier molecular flexibility index (Phi) is 7.97. The molecule has 0 bridgehead atoms. The van der Waals surface area contributed by atoms with E-state index < -0.39 is 28.5 Å². The van der Waals surface area contributed by atoms with E-state index in [-0.39, 0.29) is 10.6 Å². The maximum absolute atomic E-state index is 12.3. The van der Waals surface area contributed by atoms with E-state index in [2.05, 4.69) is 10.4 Å². The van der Waals surface area contributed by atoms with Crippen molar-refractivity contribution >= 4 is 45.0 Å². The highest BCUT2D eigenvalue weighted by Crippen LogP contribution is 2.28. The van der Waals surface area contributed by atoms with Crippen LogP contribution in [-0.4, -0.2) is 55.1 Å². The van der Waals surface area contributed by atoms with Crippen molar-refractivity contribution in [3.05, 3.63) is 89.9 Å². The number of sulfonamides is 1. The standard InChI is InChI=1S/C26H24N4O5S2/c1-29(2)37(33,34)22-11-6-8-20(16-22)27-24(31)18-35-25(32)14-13-19-17-30(21-9-4-3-5-10-21)28-26(19)23-12-7-15-36-23/h3-17H,18H2,1-2H3,(H,27,31)/b14-13+. The van der Waals surface area contributed by atoms with Crippen molar-refractivity contribution in [3.8, 4) is 16.3 Å². The van der Waals surface area contributed by atoms with Crippen LogP contribution in [0.5, 0.6) is 0 Å². The molecule has 190 valence electrons. The SMILES string of the molecule is CN(C)S(=O)(=O)c1cccc(NC(=O)COC(=O)/C=C/c2cn(-c3ccccc3)nc2-c2cccs2)c1. The van der Waals surface area contributed by atoms with Crippen molar-refractivity contribution in [1.29, 1.82) is 0 Å². The van der Waals surface area contributed by atoms with Crippen LogP contribution in [0.3, 0.4) is 0 Å². The van der Waals surface area contributed by atoms with E-state index in [0.29, 0.717) is 11.3 Å². The van der Waals surface area contributed by atoms with E-state index in [1.165, 1.54) is 49.7 Å². The molecule has 0 saturated carbocycles. The van der Waals surface area contributed by atoms with Gasteiger partial charge in [-0.15, -0.1) is 11.3 Å². The molecule has 4 aromatic rings. The summed E-state index contributed by atoms with van der Waals surface area (Å²) in [5, 5.41) is 9.15. The van der Waals surface area contributed by atoms with Crippen LogP contribution < -0.4 is 5.32 Å². The molecule has 9 nitrogen and oxygen atoms in total. The molecule has 0 unspecified atom stereocenters. The minimum Gasteiger partial charge on any atom is -0.452 e. The molecule has 0 aliphatic rings. The zero-order chi connectivity index (χ0) is 26.4. The normalized spacial score (nSPS) is 11.6. The number of nitrogens with zero attached hydrogens (tertiary/aromatic N) is 3. The molecular weight excluding hydrogens is 512 g/mol. The number of hydrogen-bond acceptors (Lipinski definition) is 7. The summed E-state index contributed by atoms with van der Waals surface area (Å²) in [5.74, 6) is -1.30. The van der Waals surface area contributed by atoms with Gasteiger partial charge in [0.25, 0.3) is 5.91 Å². The first-order valence-electron chi connectivity index (χ1n) is 11.1. The third-order valence-corrected chi connectivity index (χ3v) is 7.85. The molecular formula is C26H24N4O5S2. The van der Waals surface area contributed by atoms with Gasteiger partial charge in [0.15, 0.2) is 6.61 Å². The van der Waals surface area contributed by atoms with Crippen LogP contribution in [0, 0.1) is 0 Å². The van der Waals surface area contributed by atoms with Gasteiger partial charge in [0, 0.05) is 37.6 Å². The number of para-hydroxylation sites is 1. The second-order valence-electron chi connectivity index (χ2n) is 7.99. The molecule has 0 aliphatic carbocycles. The van der Waals surface area contributed by atoms with Crippen LogP contribution >= 0.6 is 11.3 Å². The zero-order valence-corrected chi connectivity index (χ0v) is 21.7.